The molecule has 3 rings (SSSR count). The minimum atomic E-state index is -0.385. The van der Waals surface area contributed by atoms with Gasteiger partial charge < -0.3 is 15.9 Å². The predicted molar refractivity (Wildman–Crippen MR) is 92.1 cm³/mol. The van der Waals surface area contributed by atoms with Crippen LogP contribution in [-0.2, 0) is 11.5 Å². The molecule has 0 unspecified atom stereocenters. The van der Waals surface area contributed by atoms with Crippen molar-refractivity contribution in [2.45, 2.75) is 19.6 Å². The van der Waals surface area contributed by atoms with Gasteiger partial charge in [0, 0.05) is 18.6 Å². The van der Waals surface area contributed by atoms with Crippen molar-refractivity contribution in [2.75, 3.05) is 12.3 Å². The van der Waals surface area contributed by atoms with E-state index >= 15 is 0 Å². The van der Waals surface area contributed by atoms with Crippen molar-refractivity contribution >= 4 is 22.9 Å². The van der Waals surface area contributed by atoms with Gasteiger partial charge in [-0.15, -0.1) is 0 Å². The first-order valence-electron chi connectivity index (χ1n) is 7.52. The number of aromatic nitrogens is 4. The van der Waals surface area contributed by atoms with Crippen LogP contribution in [0.25, 0.3) is 11.2 Å². The van der Waals surface area contributed by atoms with E-state index in [1.807, 2.05) is 18.2 Å². The van der Waals surface area contributed by atoms with Gasteiger partial charge in [0.1, 0.15) is 6.73 Å². The minimum absolute atomic E-state index is 0. The zero-order valence-electron chi connectivity index (χ0n) is 13.4. The summed E-state index contributed by atoms with van der Waals surface area (Å²) in [5, 5.41) is 0. The number of rotatable bonds is 7. The van der Waals surface area contributed by atoms with Gasteiger partial charge in [0.05, 0.1) is 6.33 Å². The zero-order chi connectivity index (χ0) is 16.9. The van der Waals surface area contributed by atoms with Crippen LogP contribution in [0.4, 0.5) is 5.95 Å². The molecule has 1 aromatic carbocycles. The van der Waals surface area contributed by atoms with E-state index in [1.54, 1.807) is 16.7 Å². The smallest absolute Gasteiger partial charge is 0.280 e. The molecule has 0 fully saturated rings. The monoisotopic (exact) mass is 345 g/mol. The van der Waals surface area contributed by atoms with Crippen LogP contribution in [-0.4, -0.2) is 37.4 Å². The van der Waals surface area contributed by atoms with Crippen LogP contribution in [0.1, 0.15) is 23.2 Å². The highest BCUT2D eigenvalue weighted by Gasteiger charge is 2.09. The summed E-state index contributed by atoms with van der Waals surface area (Å²) in [4.78, 5) is 34.1. The zero-order valence-corrected chi connectivity index (χ0v) is 13.4. The van der Waals surface area contributed by atoms with Crippen LogP contribution >= 0.6 is 0 Å². The van der Waals surface area contributed by atoms with Crippen molar-refractivity contribution in [1.29, 1.82) is 0 Å². The summed E-state index contributed by atoms with van der Waals surface area (Å²) < 4.78 is 7.13. The number of Topliss-reactive ketones (excluding diaryl/α,β-unsaturated/α-hetero) is 1. The lowest BCUT2D eigenvalue weighted by Crippen LogP contribution is -2.13. The van der Waals surface area contributed by atoms with Crippen molar-refractivity contribution in [2.24, 2.45) is 0 Å². The first-order valence-corrected chi connectivity index (χ1v) is 7.52. The maximum atomic E-state index is 12.0. The number of ketones is 1. The summed E-state index contributed by atoms with van der Waals surface area (Å²) in [6, 6.07) is 9.16. The normalized spacial score (nSPS) is 10.6. The molecule has 5 N–H and O–H groups in total. The van der Waals surface area contributed by atoms with Gasteiger partial charge in [0.2, 0.25) is 5.95 Å². The second kappa shape index (κ2) is 8.18. The number of nitrogen functional groups attached to an aromatic ring is 1. The molecule has 132 valence electrons. The molecule has 9 nitrogen and oxygen atoms in total. The summed E-state index contributed by atoms with van der Waals surface area (Å²) in [5.41, 5.74) is 6.44. The average Bonchev–Trinajstić information content (AvgIpc) is 2.98. The third-order valence-electron chi connectivity index (χ3n) is 3.51. The SMILES string of the molecule is Nc1nc2c(ncn2COCCCC(=O)c2ccccc2)c(=O)[nH]1.O. The molecule has 2 heterocycles. The van der Waals surface area contributed by atoms with E-state index < -0.39 is 0 Å². The largest absolute Gasteiger partial charge is 0.412 e. The van der Waals surface area contributed by atoms with E-state index in [0.717, 1.165) is 0 Å². The van der Waals surface area contributed by atoms with Crippen molar-refractivity contribution in [3.05, 3.63) is 52.6 Å². The van der Waals surface area contributed by atoms with Crippen LogP contribution < -0.4 is 11.3 Å². The highest BCUT2D eigenvalue weighted by molar-refractivity contribution is 5.95. The Morgan fingerprint density at radius 3 is 2.80 bits per heavy atom. The molecule has 0 saturated heterocycles. The maximum absolute atomic E-state index is 12.0. The second-order valence-corrected chi connectivity index (χ2v) is 5.27. The number of nitrogens with two attached hydrogens (primary N) is 1. The molecule has 0 atom stereocenters. The Morgan fingerprint density at radius 2 is 2.04 bits per heavy atom. The Labute approximate surface area is 142 Å². The molecule has 9 heteroatoms. The highest BCUT2D eigenvalue weighted by atomic mass is 16.5. The number of anilines is 1. The predicted octanol–water partition coefficient (Wildman–Crippen LogP) is 0.514. The molecule has 2 aromatic heterocycles. The molecular formula is C16H19N5O4. The number of ether oxygens (including phenoxy) is 1. The quantitative estimate of drug-likeness (QED) is 0.471. The van der Waals surface area contributed by atoms with E-state index in [-0.39, 0.29) is 35.0 Å². The fourth-order valence-corrected chi connectivity index (χ4v) is 2.33. The number of aromatic amines is 1. The Kier molecular flexibility index (Phi) is 5.98. The summed E-state index contributed by atoms with van der Waals surface area (Å²) in [7, 11) is 0. The summed E-state index contributed by atoms with van der Waals surface area (Å²) in [5.74, 6) is 0.121. The van der Waals surface area contributed by atoms with E-state index in [0.29, 0.717) is 30.7 Å². The van der Waals surface area contributed by atoms with Crippen LogP contribution in [0, 0.1) is 0 Å². The molecular weight excluding hydrogens is 326 g/mol. The third kappa shape index (κ3) is 4.28. The van der Waals surface area contributed by atoms with Gasteiger partial charge >= 0.3 is 0 Å². The second-order valence-electron chi connectivity index (χ2n) is 5.27. The summed E-state index contributed by atoms with van der Waals surface area (Å²) in [6.45, 7) is 0.600. The number of carbonyl (C=O) groups is 1. The van der Waals surface area contributed by atoms with E-state index in [2.05, 4.69) is 15.0 Å². The van der Waals surface area contributed by atoms with Crippen LogP contribution in [0.3, 0.4) is 0 Å². The molecule has 0 saturated carbocycles. The van der Waals surface area contributed by atoms with Crippen molar-refractivity contribution in [1.82, 2.24) is 19.5 Å². The number of benzene rings is 1. The number of H-pyrrole nitrogens is 1. The number of nitrogens with one attached hydrogen (secondary N) is 1. The van der Waals surface area contributed by atoms with Crippen LogP contribution in [0.15, 0.2) is 41.5 Å². The van der Waals surface area contributed by atoms with Gasteiger partial charge in [-0.05, 0) is 6.42 Å². The number of hydrogen-bond acceptors (Lipinski definition) is 6. The van der Waals surface area contributed by atoms with Gasteiger partial charge in [-0.25, -0.2) is 4.98 Å². The lowest BCUT2D eigenvalue weighted by Gasteiger charge is -2.06. The first-order chi connectivity index (χ1) is 11.6. The third-order valence-corrected chi connectivity index (χ3v) is 3.51. The van der Waals surface area contributed by atoms with E-state index in [9.17, 15) is 9.59 Å². The van der Waals surface area contributed by atoms with Crippen molar-refractivity contribution in [3.8, 4) is 0 Å². The Bertz CT molecular complexity index is 904. The number of fused-ring (bicyclic) bond motifs is 1. The summed E-state index contributed by atoms with van der Waals surface area (Å²) in [6.07, 6.45) is 2.50. The van der Waals surface area contributed by atoms with Crippen molar-refractivity contribution in [3.63, 3.8) is 0 Å². The molecule has 25 heavy (non-hydrogen) atoms. The lowest BCUT2D eigenvalue weighted by atomic mass is 10.1. The topological polar surface area (TPSA) is 147 Å². The fourth-order valence-electron chi connectivity index (χ4n) is 2.33. The van der Waals surface area contributed by atoms with Gasteiger partial charge in [-0.1, -0.05) is 30.3 Å². The molecule has 0 amide bonds. The van der Waals surface area contributed by atoms with E-state index in [1.165, 1.54) is 6.33 Å². The van der Waals surface area contributed by atoms with Gasteiger partial charge in [0.25, 0.3) is 5.56 Å². The highest BCUT2D eigenvalue weighted by Crippen LogP contribution is 2.08. The number of imidazole rings is 1. The van der Waals surface area contributed by atoms with Gasteiger partial charge in [-0.3, -0.25) is 19.1 Å². The number of nitrogens with zero attached hydrogens (tertiary/aromatic N) is 3. The van der Waals surface area contributed by atoms with Crippen LogP contribution in [0.2, 0.25) is 0 Å². The Morgan fingerprint density at radius 1 is 1.28 bits per heavy atom. The molecule has 0 radical (unpaired) electrons. The number of hydrogen-bond donors (Lipinski definition) is 2. The standard InChI is InChI=1S/C16H17N5O3.H2O/c17-16-19-14-13(15(23)20-16)18-9-21(14)10-24-8-4-7-12(22)11-5-2-1-3-6-11;/h1-3,5-6,9H,4,7-8,10H2,(H3,17,19,20,23);1H2. The number of carbonyl (C=O) groups excluding carboxylic acids is 1. The first kappa shape index (κ1) is 18.3. The van der Waals surface area contributed by atoms with Crippen molar-refractivity contribution < 1.29 is 15.0 Å². The molecule has 0 spiro atoms. The summed E-state index contributed by atoms with van der Waals surface area (Å²) >= 11 is 0. The van der Waals surface area contributed by atoms with Gasteiger partial charge in [0.15, 0.2) is 16.9 Å². The molecule has 0 aliphatic rings. The van der Waals surface area contributed by atoms with Gasteiger partial charge in [-0.2, -0.15) is 4.98 Å². The molecule has 3 aromatic rings. The fraction of sp³-hybridized carbons (Fsp3) is 0.250. The molecule has 0 aliphatic heterocycles. The lowest BCUT2D eigenvalue weighted by molar-refractivity contribution is 0.0725. The molecule has 0 bridgehead atoms. The maximum Gasteiger partial charge on any atom is 0.280 e. The van der Waals surface area contributed by atoms with E-state index in [4.69, 9.17) is 10.5 Å². The minimum Gasteiger partial charge on any atom is -0.412 e. The Balaban J connectivity index is 0.00000225. The molecule has 0 aliphatic carbocycles. The Hall–Kier alpha value is -3.04. The van der Waals surface area contributed by atoms with Crippen LogP contribution in [0.5, 0.6) is 0 Å². The average molecular weight is 345 g/mol.